The van der Waals surface area contributed by atoms with E-state index in [1.54, 1.807) is 6.07 Å². The van der Waals surface area contributed by atoms with E-state index in [1.165, 1.54) is 5.56 Å². The Morgan fingerprint density at radius 1 is 1.05 bits per heavy atom. The van der Waals surface area contributed by atoms with Crippen molar-refractivity contribution < 1.29 is 4.79 Å². The quantitative estimate of drug-likeness (QED) is 0.604. The highest BCUT2D eigenvalue weighted by atomic mass is 16.1. The van der Waals surface area contributed by atoms with Crippen LogP contribution >= 0.6 is 0 Å². The molecule has 0 saturated heterocycles. The monoisotopic (exact) mass is 296 g/mol. The molecular weight excluding hydrogens is 272 g/mol. The molecule has 3 heteroatoms. The lowest BCUT2D eigenvalue weighted by atomic mass is 10.1. The van der Waals surface area contributed by atoms with E-state index in [0.29, 0.717) is 17.8 Å². The summed E-state index contributed by atoms with van der Waals surface area (Å²) in [5.74, 6) is -0.0344. The minimum atomic E-state index is -0.0344. The average Bonchev–Trinajstić information content (AvgIpc) is 2.54. The van der Waals surface area contributed by atoms with E-state index < -0.39 is 0 Å². The molecule has 0 aliphatic rings. The Morgan fingerprint density at radius 3 is 2.59 bits per heavy atom. The number of benzene rings is 2. The zero-order valence-corrected chi connectivity index (χ0v) is 13.1. The maximum Gasteiger partial charge on any atom is 0.251 e. The van der Waals surface area contributed by atoms with E-state index >= 15 is 0 Å². The van der Waals surface area contributed by atoms with Crippen molar-refractivity contribution in [1.29, 1.82) is 0 Å². The van der Waals surface area contributed by atoms with Crippen LogP contribution in [-0.4, -0.2) is 12.5 Å². The first-order valence-corrected chi connectivity index (χ1v) is 7.85. The van der Waals surface area contributed by atoms with Crippen LogP contribution < -0.4 is 11.1 Å². The highest BCUT2D eigenvalue weighted by Gasteiger charge is 2.08. The largest absolute Gasteiger partial charge is 0.399 e. The van der Waals surface area contributed by atoms with E-state index in [1.807, 2.05) is 25.1 Å². The van der Waals surface area contributed by atoms with Gasteiger partial charge in [-0.05, 0) is 49.4 Å². The van der Waals surface area contributed by atoms with Gasteiger partial charge >= 0.3 is 0 Å². The van der Waals surface area contributed by atoms with E-state index in [-0.39, 0.29) is 5.91 Å². The average molecular weight is 296 g/mol. The third-order valence-corrected chi connectivity index (χ3v) is 3.78. The van der Waals surface area contributed by atoms with Crippen LogP contribution in [0.3, 0.4) is 0 Å². The zero-order valence-electron chi connectivity index (χ0n) is 13.1. The molecule has 1 amide bonds. The van der Waals surface area contributed by atoms with Gasteiger partial charge in [0.15, 0.2) is 0 Å². The van der Waals surface area contributed by atoms with Gasteiger partial charge in [0.1, 0.15) is 0 Å². The fourth-order valence-electron chi connectivity index (χ4n) is 2.46. The van der Waals surface area contributed by atoms with Crippen LogP contribution in [0.25, 0.3) is 0 Å². The molecule has 2 aromatic carbocycles. The summed E-state index contributed by atoms with van der Waals surface area (Å²) in [5, 5.41) is 2.97. The first-order valence-electron chi connectivity index (χ1n) is 7.85. The molecule has 0 spiro atoms. The highest BCUT2D eigenvalue weighted by molar-refractivity contribution is 5.96. The van der Waals surface area contributed by atoms with Crippen molar-refractivity contribution in [3.8, 4) is 0 Å². The van der Waals surface area contributed by atoms with Crippen LogP contribution in [0.4, 0.5) is 5.69 Å². The Balaban J connectivity index is 1.66. The van der Waals surface area contributed by atoms with E-state index in [4.69, 9.17) is 5.73 Å². The van der Waals surface area contributed by atoms with Gasteiger partial charge in [0.05, 0.1) is 0 Å². The van der Waals surface area contributed by atoms with Gasteiger partial charge in [0.2, 0.25) is 0 Å². The molecule has 0 atom stereocenters. The maximum atomic E-state index is 12.1. The highest BCUT2D eigenvalue weighted by Crippen LogP contribution is 2.12. The van der Waals surface area contributed by atoms with Gasteiger partial charge in [-0.2, -0.15) is 0 Å². The zero-order chi connectivity index (χ0) is 15.8. The number of anilines is 1. The molecule has 0 aliphatic carbocycles. The van der Waals surface area contributed by atoms with Gasteiger partial charge < -0.3 is 11.1 Å². The molecule has 2 rings (SSSR count). The smallest absolute Gasteiger partial charge is 0.251 e. The summed E-state index contributed by atoms with van der Waals surface area (Å²) in [7, 11) is 0. The SMILES string of the molecule is Cc1ccc(N)cc1C(=O)NCCCCCc1ccccc1. The van der Waals surface area contributed by atoms with Crippen molar-refractivity contribution in [2.45, 2.75) is 32.6 Å². The van der Waals surface area contributed by atoms with Gasteiger partial charge in [-0.1, -0.05) is 42.8 Å². The normalized spacial score (nSPS) is 10.4. The minimum absolute atomic E-state index is 0.0344. The van der Waals surface area contributed by atoms with Crippen molar-refractivity contribution in [2.75, 3.05) is 12.3 Å². The number of unbranched alkanes of at least 4 members (excludes halogenated alkanes) is 2. The number of hydrogen-bond acceptors (Lipinski definition) is 2. The summed E-state index contributed by atoms with van der Waals surface area (Å²) in [4.78, 5) is 12.1. The Bertz CT molecular complexity index is 608. The van der Waals surface area contributed by atoms with Gasteiger partial charge in [0, 0.05) is 17.8 Å². The van der Waals surface area contributed by atoms with Gasteiger partial charge in [-0.15, -0.1) is 0 Å². The molecule has 0 radical (unpaired) electrons. The van der Waals surface area contributed by atoms with E-state index in [2.05, 4.69) is 29.6 Å². The number of nitrogen functional groups attached to an aromatic ring is 1. The second kappa shape index (κ2) is 8.23. The van der Waals surface area contributed by atoms with Crippen molar-refractivity contribution in [3.63, 3.8) is 0 Å². The summed E-state index contributed by atoms with van der Waals surface area (Å²) < 4.78 is 0. The third kappa shape index (κ3) is 4.92. The number of nitrogens with two attached hydrogens (primary N) is 1. The molecular formula is C19H24N2O. The van der Waals surface area contributed by atoms with Crippen LogP contribution in [0, 0.1) is 6.92 Å². The molecule has 0 heterocycles. The predicted octanol–water partition coefficient (Wildman–Crippen LogP) is 3.72. The van der Waals surface area contributed by atoms with Gasteiger partial charge in [-0.3, -0.25) is 4.79 Å². The molecule has 0 aliphatic heterocycles. The second-order valence-electron chi connectivity index (χ2n) is 5.63. The predicted molar refractivity (Wildman–Crippen MR) is 91.9 cm³/mol. The summed E-state index contributed by atoms with van der Waals surface area (Å²) in [5.41, 5.74) is 9.36. The molecule has 2 aromatic rings. The molecule has 0 unspecified atom stereocenters. The van der Waals surface area contributed by atoms with Crippen LogP contribution in [-0.2, 0) is 6.42 Å². The minimum Gasteiger partial charge on any atom is -0.399 e. The number of aryl methyl sites for hydroxylation is 2. The van der Waals surface area contributed by atoms with E-state index in [0.717, 1.165) is 31.2 Å². The first-order chi connectivity index (χ1) is 10.7. The molecule has 0 saturated carbocycles. The van der Waals surface area contributed by atoms with E-state index in [9.17, 15) is 4.79 Å². The second-order valence-corrected chi connectivity index (χ2v) is 5.63. The molecule has 0 bridgehead atoms. The number of hydrogen-bond donors (Lipinski definition) is 2. The summed E-state index contributed by atoms with van der Waals surface area (Å²) in [6.07, 6.45) is 4.37. The molecule has 0 fully saturated rings. The Morgan fingerprint density at radius 2 is 1.82 bits per heavy atom. The standard InChI is InChI=1S/C19H24N2O/c1-15-11-12-17(20)14-18(15)19(22)21-13-7-3-6-10-16-8-4-2-5-9-16/h2,4-5,8-9,11-12,14H,3,6-7,10,13,20H2,1H3,(H,21,22). The number of amides is 1. The molecule has 0 aromatic heterocycles. The Kier molecular flexibility index (Phi) is 6.01. The van der Waals surface area contributed by atoms with Crippen LogP contribution in [0.2, 0.25) is 0 Å². The fraction of sp³-hybridized carbons (Fsp3) is 0.316. The lowest BCUT2D eigenvalue weighted by Gasteiger charge is -2.08. The summed E-state index contributed by atoms with van der Waals surface area (Å²) >= 11 is 0. The molecule has 3 nitrogen and oxygen atoms in total. The lowest BCUT2D eigenvalue weighted by Crippen LogP contribution is -2.25. The van der Waals surface area contributed by atoms with Gasteiger partial charge in [0.25, 0.3) is 5.91 Å². The topological polar surface area (TPSA) is 55.1 Å². The van der Waals surface area contributed by atoms with Crippen LogP contribution in [0.15, 0.2) is 48.5 Å². The van der Waals surface area contributed by atoms with Gasteiger partial charge in [-0.25, -0.2) is 0 Å². The maximum absolute atomic E-state index is 12.1. The Hall–Kier alpha value is -2.29. The van der Waals surface area contributed by atoms with Crippen LogP contribution in [0.1, 0.15) is 40.7 Å². The van der Waals surface area contributed by atoms with Crippen molar-refractivity contribution in [3.05, 3.63) is 65.2 Å². The van der Waals surface area contributed by atoms with Crippen molar-refractivity contribution >= 4 is 11.6 Å². The Labute approximate surface area is 132 Å². The fourth-order valence-corrected chi connectivity index (χ4v) is 2.46. The number of rotatable bonds is 7. The van der Waals surface area contributed by atoms with Crippen molar-refractivity contribution in [1.82, 2.24) is 5.32 Å². The van der Waals surface area contributed by atoms with Crippen LogP contribution in [0.5, 0.6) is 0 Å². The third-order valence-electron chi connectivity index (χ3n) is 3.78. The molecule has 116 valence electrons. The molecule has 22 heavy (non-hydrogen) atoms. The number of carbonyl (C=O) groups is 1. The first kappa shape index (κ1) is 16.1. The van der Waals surface area contributed by atoms with Crippen molar-refractivity contribution in [2.24, 2.45) is 0 Å². The summed E-state index contributed by atoms with van der Waals surface area (Å²) in [6.45, 7) is 2.63. The number of nitrogens with one attached hydrogen (secondary N) is 1. The lowest BCUT2D eigenvalue weighted by molar-refractivity contribution is 0.0952. The molecule has 3 N–H and O–H groups in total. The summed E-state index contributed by atoms with van der Waals surface area (Å²) in [6, 6.07) is 15.9. The number of carbonyl (C=O) groups excluding carboxylic acids is 1.